The van der Waals surface area contributed by atoms with Gasteiger partial charge in [0.25, 0.3) is 5.56 Å². The molecule has 0 aliphatic carbocycles. The third-order valence-electron chi connectivity index (χ3n) is 6.03. The number of fused-ring (bicyclic) bond motifs is 1. The number of hydrogen-bond donors (Lipinski definition) is 2. The Kier molecular flexibility index (Phi) is 5.62. The molecule has 0 saturated carbocycles. The number of benzene rings is 3. The van der Waals surface area contributed by atoms with E-state index in [4.69, 9.17) is 9.72 Å². The molecule has 0 aliphatic rings. The van der Waals surface area contributed by atoms with E-state index in [0.717, 1.165) is 22.4 Å². The van der Waals surface area contributed by atoms with E-state index >= 15 is 0 Å². The standard InChI is InChI=1S/C28H21N7O2/c1-37-21-14-12-19(13-15-21)24-26(32-22-16-30-31-17-29-22)33-27-23(18-8-4-2-5-9-18)25(34-35(27)28(24)36)20-10-6-3-7-11-20/h2-17,34H,1H3,(H,29,31,32). The van der Waals surface area contributed by atoms with E-state index in [1.165, 1.54) is 17.0 Å². The van der Waals surface area contributed by atoms with Crippen LogP contribution in [-0.4, -0.2) is 36.9 Å². The summed E-state index contributed by atoms with van der Waals surface area (Å²) in [5.74, 6) is 1.46. The van der Waals surface area contributed by atoms with Crippen molar-refractivity contribution in [2.75, 3.05) is 12.4 Å². The number of rotatable bonds is 6. The van der Waals surface area contributed by atoms with E-state index in [0.29, 0.717) is 34.2 Å². The first kappa shape index (κ1) is 22.2. The number of methoxy groups -OCH3 is 1. The van der Waals surface area contributed by atoms with Crippen LogP contribution < -0.4 is 15.6 Å². The Morgan fingerprint density at radius 3 is 2.14 bits per heavy atom. The number of aromatic amines is 1. The van der Waals surface area contributed by atoms with Crippen LogP contribution in [0.4, 0.5) is 11.6 Å². The SMILES string of the molecule is COc1ccc(-c2c(Nc3cnncn3)nc3c(-c4ccccc4)c(-c4ccccc4)[nH]n3c2=O)cc1. The van der Waals surface area contributed by atoms with E-state index in [2.05, 4.69) is 25.6 Å². The molecule has 3 aromatic carbocycles. The highest BCUT2D eigenvalue weighted by molar-refractivity contribution is 5.92. The molecule has 2 N–H and O–H groups in total. The Morgan fingerprint density at radius 1 is 0.811 bits per heavy atom. The molecule has 3 heterocycles. The number of nitrogens with one attached hydrogen (secondary N) is 2. The third kappa shape index (κ3) is 4.08. The van der Waals surface area contributed by atoms with Gasteiger partial charge in [0.1, 0.15) is 17.9 Å². The van der Waals surface area contributed by atoms with Crippen LogP contribution in [0.25, 0.3) is 39.2 Å². The Balaban J connectivity index is 1.67. The summed E-state index contributed by atoms with van der Waals surface area (Å²) < 4.78 is 6.80. The monoisotopic (exact) mass is 487 g/mol. The molecule has 0 saturated heterocycles. The van der Waals surface area contributed by atoms with Gasteiger partial charge < -0.3 is 10.1 Å². The topological polar surface area (TPSA) is 110 Å². The van der Waals surface area contributed by atoms with Crippen molar-refractivity contribution in [3.05, 3.63) is 108 Å². The van der Waals surface area contributed by atoms with Crippen molar-refractivity contribution in [3.63, 3.8) is 0 Å². The molecule has 0 radical (unpaired) electrons. The summed E-state index contributed by atoms with van der Waals surface area (Å²) in [6.45, 7) is 0. The molecule has 6 aromatic rings. The zero-order valence-electron chi connectivity index (χ0n) is 19.8. The summed E-state index contributed by atoms with van der Waals surface area (Å²) in [7, 11) is 1.60. The fraction of sp³-hybridized carbons (Fsp3) is 0.0357. The normalized spacial score (nSPS) is 10.9. The largest absolute Gasteiger partial charge is 0.497 e. The van der Waals surface area contributed by atoms with Crippen molar-refractivity contribution >= 4 is 17.3 Å². The fourth-order valence-corrected chi connectivity index (χ4v) is 4.30. The van der Waals surface area contributed by atoms with Gasteiger partial charge in [0, 0.05) is 5.56 Å². The van der Waals surface area contributed by atoms with Gasteiger partial charge in [0.2, 0.25) is 0 Å². The molecule has 0 aliphatic heterocycles. The number of hydrogen-bond acceptors (Lipinski definition) is 7. The van der Waals surface area contributed by atoms with Crippen molar-refractivity contribution in [1.29, 1.82) is 0 Å². The van der Waals surface area contributed by atoms with Gasteiger partial charge in [0.15, 0.2) is 11.5 Å². The van der Waals surface area contributed by atoms with Gasteiger partial charge in [-0.2, -0.15) is 9.61 Å². The van der Waals surface area contributed by atoms with Crippen LogP contribution in [0.1, 0.15) is 0 Å². The first-order valence-electron chi connectivity index (χ1n) is 11.6. The number of nitrogens with zero attached hydrogens (tertiary/aromatic N) is 5. The van der Waals surface area contributed by atoms with E-state index < -0.39 is 0 Å². The van der Waals surface area contributed by atoms with E-state index in [9.17, 15) is 4.79 Å². The van der Waals surface area contributed by atoms with Gasteiger partial charge in [0.05, 0.1) is 30.1 Å². The first-order valence-corrected chi connectivity index (χ1v) is 11.6. The van der Waals surface area contributed by atoms with E-state index in [1.54, 1.807) is 19.2 Å². The van der Waals surface area contributed by atoms with Gasteiger partial charge >= 0.3 is 0 Å². The molecular formula is C28H21N7O2. The van der Waals surface area contributed by atoms with Crippen LogP contribution in [0.5, 0.6) is 5.75 Å². The second kappa shape index (κ2) is 9.38. The highest BCUT2D eigenvalue weighted by Crippen LogP contribution is 2.36. The predicted octanol–water partition coefficient (Wildman–Crippen LogP) is 4.96. The van der Waals surface area contributed by atoms with Gasteiger partial charge in [-0.1, -0.05) is 72.8 Å². The summed E-state index contributed by atoms with van der Waals surface area (Å²) >= 11 is 0. The number of ether oxygens (including phenoxy) is 1. The Bertz CT molecular complexity index is 1730. The quantitative estimate of drug-likeness (QED) is 0.342. The number of anilines is 2. The van der Waals surface area contributed by atoms with Crippen LogP contribution >= 0.6 is 0 Å². The molecule has 3 aromatic heterocycles. The molecule has 6 rings (SSSR count). The summed E-state index contributed by atoms with van der Waals surface area (Å²) in [6, 6.07) is 27.0. The molecule has 0 unspecified atom stereocenters. The van der Waals surface area contributed by atoms with Crippen molar-refractivity contribution < 1.29 is 4.74 Å². The zero-order valence-corrected chi connectivity index (χ0v) is 19.8. The lowest BCUT2D eigenvalue weighted by Crippen LogP contribution is -2.20. The molecule has 9 heteroatoms. The summed E-state index contributed by atoms with van der Waals surface area (Å²) in [6.07, 6.45) is 2.81. The maximum absolute atomic E-state index is 14.1. The molecule has 37 heavy (non-hydrogen) atoms. The van der Waals surface area contributed by atoms with Crippen molar-refractivity contribution in [2.45, 2.75) is 0 Å². The molecule has 180 valence electrons. The van der Waals surface area contributed by atoms with E-state index in [-0.39, 0.29) is 5.56 Å². The predicted molar refractivity (Wildman–Crippen MR) is 142 cm³/mol. The van der Waals surface area contributed by atoms with Gasteiger partial charge in [-0.3, -0.25) is 9.89 Å². The van der Waals surface area contributed by atoms with Crippen LogP contribution in [0, 0.1) is 0 Å². The molecule has 0 spiro atoms. The summed E-state index contributed by atoms with van der Waals surface area (Å²) in [4.78, 5) is 23.3. The van der Waals surface area contributed by atoms with Crippen molar-refractivity contribution in [2.24, 2.45) is 0 Å². The lowest BCUT2D eigenvalue weighted by Gasteiger charge is -2.11. The highest BCUT2D eigenvalue weighted by atomic mass is 16.5. The van der Waals surface area contributed by atoms with Crippen LogP contribution in [0.2, 0.25) is 0 Å². The molecule has 0 atom stereocenters. The van der Waals surface area contributed by atoms with Gasteiger partial charge in [-0.15, -0.1) is 5.10 Å². The highest BCUT2D eigenvalue weighted by Gasteiger charge is 2.23. The maximum atomic E-state index is 14.1. The molecule has 0 bridgehead atoms. The van der Waals surface area contributed by atoms with Crippen LogP contribution in [0.3, 0.4) is 0 Å². The fourth-order valence-electron chi connectivity index (χ4n) is 4.30. The number of aromatic nitrogens is 6. The lowest BCUT2D eigenvalue weighted by molar-refractivity contribution is 0.415. The van der Waals surface area contributed by atoms with Crippen LogP contribution in [-0.2, 0) is 0 Å². The van der Waals surface area contributed by atoms with Crippen molar-refractivity contribution in [3.8, 4) is 39.3 Å². The van der Waals surface area contributed by atoms with Gasteiger partial charge in [-0.05, 0) is 23.3 Å². The van der Waals surface area contributed by atoms with E-state index in [1.807, 2.05) is 72.8 Å². The summed E-state index contributed by atoms with van der Waals surface area (Å²) in [5, 5.41) is 14.1. The second-order valence-electron chi connectivity index (χ2n) is 8.24. The smallest absolute Gasteiger partial charge is 0.282 e. The Hall–Kier alpha value is -5.31. The minimum Gasteiger partial charge on any atom is -0.497 e. The lowest BCUT2D eigenvalue weighted by atomic mass is 10.0. The second-order valence-corrected chi connectivity index (χ2v) is 8.24. The first-order chi connectivity index (χ1) is 18.2. The Morgan fingerprint density at radius 2 is 1.49 bits per heavy atom. The average Bonchev–Trinajstić information content (AvgIpc) is 3.35. The minimum atomic E-state index is -0.265. The molecular weight excluding hydrogens is 466 g/mol. The average molecular weight is 488 g/mol. The summed E-state index contributed by atoms with van der Waals surface area (Å²) in [5.41, 5.74) is 4.74. The zero-order chi connectivity index (χ0) is 25.2. The van der Waals surface area contributed by atoms with Gasteiger partial charge in [-0.25, -0.2) is 9.97 Å². The number of H-pyrrole nitrogens is 1. The minimum absolute atomic E-state index is 0.265. The molecule has 9 nitrogen and oxygen atoms in total. The maximum Gasteiger partial charge on any atom is 0.282 e. The molecule has 0 amide bonds. The third-order valence-corrected chi connectivity index (χ3v) is 6.03. The molecule has 0 fully saturated rings. The van der Waals surface area contributed by atoms with Crippen molar-refractivity contribution in [1.82, 2.24) is 29.8 Å². The van der Waals surface area contributed by atoms with Crippen LogP contribution in [0.15, 0.2) is 102 Å². The Labute approximate surface area is 211 Å².